The van der Waals surface area contributed by atoms with Crippen molar-refractivity contribution in [2.24, 2.45) is 0 Å². The van der Waals surface area contributed by atoms with Crippen LogP contribution in [0.2, 0.25) is 0 Å². The topological polar surface area (TPSA) is 87.0 Å². The van der Waals surface area contributed by atoms with E-state index in [1.54, 1.807) is 54.6 Å². The van der Waals surface area contributed by atoms with Gasteiger partial charge < -0.3 is 23.9 Å². The number of anilines is 1. The average molecular weight is 494 g/mol. The summed E-state index contributed by atoms with van der Waals surface area (Å²) in [6, 6.07) is 19.1. The van der Waals surface area contributed by atoms with Gasteiger partial charge in [-0.25, -0.2) is 0 Å². The summed E-state index contributed by atoms with van der Waals surface area (Å²) >= 11 is 3.35. The van der Waals surface area contributed by atoms with Gasteiger partial charge >= 0.3 is 0 Å². The molecule has 1 amide bonds. The monoisotopic (exact) mass is 493 g/mol. The third-order valence-electron chi connectivity index (χ3n) is 4.88. The first-order valence-corrected chi connectivity index (χ1v) is 10.5. The van der Waals surface area contributed by atoms with E-state index in [0.29, 0.717) is 39.5 Å². The summed E-state index contributed by atoms with van der Waals surface area (Å²) in [6.07, 6.45) is 0. The maximum Gasteiger partial charge on any atom is 0.262 e. The van der Waals surface area contributed by atoms with E-state index < -0.39 is 5.91 Å². The molecule has 32 heavy (non-hydrogen) atoms. The van der Waals surface area contributed by atoms with Crippen molar-refractivity contribution in [3.63, 3.8) is 0 Å². The van der Waals surface area contributed by atoms with Crippen LogP contribution in [0.1, 0.15) is 16.1 Å². The highest BCUT2D eigenvalue weighted by atomic mass is 79.9. The number of rotatable bonds is 6. The average Bonchev–Trinajstić information content (AvgIpc) is 3.42. The van der Waals surface area contributed by atoms with Crippen molar-refractivity contribution >= 4 is 44.3 Å². The Kier molecular flexibility index (Phi) is 5.28. The van der Waals surface area contributed by atoms with Crippen molar-refractivity contribution in [2.75, 3.05) is 18.7 Å². The van der Waals surface area contributed by atoms with E-state index in [0.717, 1.165) is 4.47 Å². The van der Waals surface area contributed by atoms with Crippen LogP contribution in [0.25, 0.3) is 11.0 Å². The van der Waals surface area contributed by atoms with E-state index in [1.165, 1.54) is 0 Å². The lowest BCUT2D eigenvalue weighted by atomic mass is 10.1. The molecule has 7 nitrogen and oxygen atoms in total. The lowest BCUT2D eigenvalue weighted by Crippen LogP contribution is -2.21. The van der Waals surface area contributed by atoms with Crippen molar-refractivity contribution in [1.29, 1.82) is 0 Å². The number of halogens is 1. The molecule has 0 spiro atoms. The number of furan rings is 1. The molecule has 0 saturated carbocycles. The van der Waals surface area contributed by atoms with Gasteiger partial charge in [0.1, 0.15) is 11.3 Å². The molecule has 0 fully saturated rings. The van der Waals surface area contributed by atoms with Crippen molar-refractivity contribution in [1.82, 2.24) is 0 Å². The van der Waals surface area contributed by atoms with Crippen LogP contribution in [0.15, 0.2) is 75.6 Å². The van der Waals surface area contributed by atoms with Gasteiger partial charge in [-0.2, -0.15) is 0 Å². The molecular formula is C24H16BrNO6. The van der Waals surface area contributed by atoms with Crippen molar-refractivity contribution in [2.45, 2.75) is 0 Å². The van der Waals surface area contributed by atoms with Gasteiger partial charge in [0.05, 0.1) is 5.69 Å². The number of hydrogen-bond donors (Lipinski definition) is 1. The molecular weight excluding hydrogens is 478 g/mol. The molecule has 0 unspecified atom stereocenters. The fourth-order valence-corrected chi connectivity index (χ4v) is 3.62. The van der Waals surface area contributed by atoms with E-state index in [-0.39, 0.29) is 24.9 Å². The van der Waals surface area contributed by atoms with E-state index in [1.807, 2.05) is 12.1 Å². The second-order valence-corrected chi connectivity index (χ2v) is 7.91. The minimum absolute atomic E-state index is 0.0297. The molecule has 0 radical (unpaired) electrons. The zero-order chi connectivity index (χ0) is 22.1. The predicted octanol–water partition coefficient (Wildman–Crippen LogP) is 5.17. The number of nitrogens with one attached hydrogen (secondary N) is 1. The molecule has 160 valence electrons. The summed E-state index contributed by atoms with van der Waals surface area (Å²) in [4.78, 5) is 25.9. The molecule has 2 heterocycles. The first-order chi connectivity index (χ1) is 15.6. The molecule has 1 aromatic heterocycles. The smallest absolute Gasteiger partial charge is 0.262 e. The quantitative estimate of drug-likeness (QED) is 0.372. The first kappa shape index (κ1) is 20.1. The van der Waals surface area contributed by atoms with Crippen LogP contribution in [0.5, 0.6) is 17.2 Å². The minimum Gasteiger partial charge on any atom is -0.484 e. The standard InChI is InChI=1S/C24H16BrNO6/c25-15-6-8-16(9-7-15)29-12-21(27)26-22-17-3-1-2-4-18(17)32-24(22)23(28)14-5-10-19-20(11-14)31-13-30-19/h1-11H,12-13H2,(H,26,27). The zero-order valence-corrected chi connectivity index (χ0v) is 18.2. The molecule has 5 rings (SSSR count). The second-order valence-electron chi connectivity index (χ2n) is 6.99. The summed E-state index contributed by atoms with van der Waals surface area (Å²) in [5.74, 6) is 0.840. The molecule has 0 atom stereocenters. The third kappa shape index (κ3) is 3.92. The number of ketones is 1. The van der Waals surface area contributed by atoms with Gasteiger partial charge in [-0.1, -0.05) is 28.1 Å². The SMILES string of the molecule is O=C(COc1ccc(Br)cc1)Nc1c(C(=O)c2ccc3c(c2)OCO3)oc2ccccc12. The van der Waals surface area contributed by atoms with Crippen LogP contribution < -0.4 is 19.5 Å². The van der Waals surface area contributed by atoms with E-state index in [2.05, 4.69) is 21.2 Å². The number of carbonyl (C=O) groups excluding carboxylic acids is 2. The van der Waals surface area contributed by atoms with Crippen molar-refractivity contribution < 1.29 is 28.2 Å². The zero-order valence-electron chi connectivity index (χ0n) is 16.6. The van der Waals surface area contributed by atoms with Crippen LogP contribution >= 0.6 is 15.9 Å². The highest BCUT2D eigenvalue weighted by Gasteiger charge is 2.25. The number of hydrogen-bond acceptors (Lipinski definition) is 6. The Morgan fingerprint density at radius 2 is 1.75 bits per heavy atom. The normalized spacial score (nSPS) is 12.0. The Morgan fingerprint density at radius 1 is 0.969 bits per heavy atom. The van der Waals surface area contributed by atoms with Gasteiger partial charge in [0.15, 0.2) is 23.9 Å². The maximum absolute atomic E-state index is 13.3. The van der Waals surface area contributed by atoms with Gasteiger partial charge in [-0.05, 0) is 54.6 Å². The van der Waals surface area contributed by atoms with Crippen molar-refractivity contribution in [3.8, 4) is 17.2 Å². The van der Waals surface area contributed by atoms with Gasteiger partial charge in [0.25, 0.3) is 5.91 Å². The lowest BCUT2D eigenvalue weighted by Gasteiger charge is -2.08. The van der Waals surface area contributed by atoms with Gasteiger partial charge in [0, 0.05) is 15.4 Å². The molecule has 3 aromatic carbocycles. The third-order valence-corrected chi connectivity index (χ3v) is 5.41. The Morgan fingerprint density at radius 3 is 2.59 bits per heavy atom. The Labute approximate surface area is 191 Å². The van der Waals surface area contributed by atoms with Crippen LogP contribution in [0, 0.1) is 0 Å². The summed E-state index contributed by atoms with van der Waals surface area (Å²) in [5.41, 5.74) is 1.14. The highest BCUT2D eigenvalue weighted by molar-refractivity contribution is 9.10. The molecule has 0 aliphatic carbocycles. The van der Waals surface area contributed by atoms with E-state index >= 15 is 0 Å². The Hall–Kier alpha value is -3.78. The predicted molar refractivity (Wildman–Crippen MR) is 120 cm³/mol. The van der Waals surface area contributed by atoms with Crippen LogP contribution in [-0.2, 0) is 4.79 Å². The second kappa shape index (κ2) is 8.39. The van der Waals surface area contributed by atoms with Gasteiger partial charge in [-0.3, -0.25) is 9.59 Å². The van der Waals surface area contributed by atoms with E-state index in [4.69, 9.17) is 18.6 Å². The van der Waals surface area contributed by atoms with Crippen LogP contribution in [-0.4, -0.2) is 25.1 Å². The fourth-order valence-electron chi connectivity index (χ4n) is 3.35. The minimum atomic E-state index is -0.417. The summed E-state index contributed by atoms with van der Waals surface area (Å²) in [5, 5.41) is 3.39. The van der Waals surface area contributed by atoms with Gasteiger partial charge in [0.2, 0.25) is 12.6 Å². The number of fused-ring (bicyclic) bond motifs is 2. The number of amides is 1. The highest BCUT2D eigenvalue weighted by Crippen LogP contribution is 2.36. The molecule has 1 aliphatic heterocycles. The molecule has 4 aromatic rings. The lowest BCUT2D eigenvalue weighted by molar-refractivity contribution is -0.118. The van der Waals surface area contributed by atoms with Crippen LogP contribution in [0.4, 0.5) is 5.69 Å². The first-order valence-electron chi connectivity index (χ1n) is 9.72. The number of benzene rings is 3. The Balaban J connectivity index is 1.42. The molecule has 1 aliphatic rings. The maximum atomic E-state index is 13.3. The van der Waals surface area contributed by atoms with Crippen molar-refractivity contribution in [3.05, 3.63) is 82.5 Å². The van der Waals surface area contributed by atoms with Gasteiger partial charge in [-0.15, -0.1) is 0 Å². The molecule has 0 saturated heterocycles. The number of para-hydroxylation sites is 1. The largest absolute Gasteiger partial charge is 0.484 e. The molecule has 1 N–H and O–H groups in total. The van der Waals surface area contributed by atoms with Crippen LogP contribution in [0.3, 0.4) is 0 Å². The molecule has 0 bridgehead atoms. The summed E-state index contributed by atoms with van der Waals surface area (Å²) in [7, 11) is 0. The van der Waals surface area contributed by atoms with E-state index in [9.17, 15) is 9.59 Å². The summed E-state index contributed by atoms with van der Waals surface area (Å²) < 4.78 is 22.9. The summed E-state index contributed by atoms with van der Waals surface area (Å²) in [6.45, 7) is -0.115. The molecule has 8 heteroatoms. The Bertz CT molecular complexity index is 1330. The fraction of sp³-hybridized carbons (Fsp3) is 0.0833. The number of carbonyl (C=O) groups is 2. The number of ether oxygens (including phenoxy) is 3.